The monoisotopic (exact) mass is 424 g/mol. The molecular weight excluding hydrogens is 392 g/mol. The van der Waals surface area contributed by atoms with Gasteiger partial charge in [0.1, 0.15) is 0 Å². The number of aliphatic hydroxyl groups is 1. The Morgan fingerprint density at radius 2 is 1.85 bits per heavy atom. The van der Waals surface area contributed by atoms with Crippen LogP contribution in [-0.4, -0.2) is 17.7 Å². The zero-order valence-electron chi connectivity index (χ0n) is 16.9. The molecule has 0 fully saturated rings. The number of allylic oxidation sites excluding steroid dienone is 9. The van der Waals surface area contributed by atoms with E-state index in [2.05, 4.69) is 66.0 Å². The first-order chi connectivity index (χ1) is 12.1. The fraction of sp³-hybridized carbons (Fsp3) is 0.500. The number of carbonyl (C=O) groups is 1. The largest absolute Gasteiger partial charge is 0.392 e. The van der Waals surface area contributed by atoms with E-state index in [1.807, 2.05) is 19.1 Å². The normalized spacial score (nSPS) is 18.2. The number of hydrogen-bond acceptors (Lipinski definition) is 3. The Balaban J connectivity index is 0.00000110. The lowest BCUT2D eigenvalue weighted by molar-refractivity contribution is -0.129. The number of hydrogen-bond donors (Lipinski definition) is 1. The third-order valence-electron chi connectivity index (χ3n) is 4.30. The highest BCUT2D eigenvalue weighted by molar-refractivity contribution is 9.06. The molecule has 0 unspecified atom stereocenters. The SMILES string of the molecule is CC(=O)OBr.CC1=C(/C=C/C(C)=C/C=C/C(C)=C/CO)C(C)(C)CCC1. The molecule has 0 aromatic carbocycles. The summed E-state index contributed by atoms with van der Waals surface area (Å²) in [4.78, 5) is 9.54. The molecule has 3 nitrogen and oxygen atoms in total. The molecule has 0 bridgehead atoms. The maximum absolute atomic E-state index is 9.54. The standard InChI is InChI=1S/C20H30O.C2H3BrO2/c1-16(8-6-9-17(2)13-15-21)11-12-19-18(3)10-7-14-20(19,4)5;1-2(4)5-3/h6,8-9,11-13,21H,7,10,14-15H2,1-5H3;1H3/b9-6+,12-11+,16-8+,17-13+;. The van der Waals surface area contributed by atoms with E-state index in [1.54, 1.807) is 6.08 Å². The van der Waals surface area contributed by atoms with Crippen LogP contribution in [0.1, 0.15) is 60.8 Å². The molecule has 0 aliphatic heterocycles. The molecule has 1 N–H and O–H groups in total. The molecule has 0 saturated heterocycles. The summed E-state index contributed by atoms with van der Waals surface area (Å²) in [5, 5.41) is 8.81. The highest BCUT2D eigenvalue weighted by Gasteiger charge is 2.26. The third kappa shape index (κ3) is 10.6. The summed E-state index contributed by atoms with van der Waals surface area (Å²) < 4.78 is 3.92. The van der Waals surface area contributed by atoms with E-state index in [0.717, 1.165) is 5.57 Å². The predicted molar refractivity (Wildman–Crippen MR) is 114 cm³/mol. The summed E-state index contributed by atoms with van der Waals surface area (Å²) in [6.07, 6.45) is 16.3. The minimum Gasteiger partial charge on any atom is -0.392 e. The molecule has 0 spiro atoms. The van der Waals surface area contributed by atoms with E-state index >= 15 is 0 Å². The Labute approximate surface area is 167 Å². The Morgan fingerprint density at radius 1 is 1.23 bits per heavy atom. The van der Waals surface area contributed by atoms with Crippen LogP contribution in [0.3, 0.4) is 0 Å². The maximum atomic E-state index is 9.54. The first-order valence-electron chi connectivity index (χ1n) is 8.94. The van der Waals surface area contributed by atoms with Crippen LogP contribution in [0, 0.1) is 5.41 Å². The minimum absolute atomic E-state index is 0.0985. The van der Waals surface area contributed by atoms with Crippen LogP contribution in [0.15, 0.2) is 58.7 Å². The van der Waals surface area contributed by atoms with Gasteiger partial charge in [-0.2, -0.15) is 0 Å². The average Bonchev–Trinajstić information content (AvgIpc) is 2.54. The van der Waals surface area contributed by atoms with Gasteiger partial charge in [-0.3, -0.25) is 4.79 Å². The summed E-state index contributed by atoms with van der Waals surface area (Å²) in [6, 6.07) is 0. The van der Waals surface area contributed by atoms with Crippen molar-refractivity contribution in [3.63, 3.8) is 0 Å². The van der Waals surface area contributed by atoms with E-state index in [9.17, 15) is 4.79 Å². The summed E-state index contributed by atoms with van der Waals surface area (Å²) in [5.74, 6) is -0.329. The second-order valence-electron chi connectivity index (χ2n) is 7.23. The Kier molecular flexibility index (Phi) is 12.2. The summed E-state index contributed by atoms with van der Waals surface area (Å²) in [5.41, 5.74) is 5.66. The lowest BCUT2D eigenvalue weighted by Crippen LogP contribution is -2.19. The van der Waals surface area contributed by atoms with Crippen LogP contribution in [0.2, 0.25) is 0 Å². The maximum Gasteiger partial charge on any atom is 0.314 e. The fourth-order valence-corrected chi connectivity index (χ4v) is 2.84. The van der Waals surface area contributed by atoms with Gasteiger partial charge in [0.05, 0.1) is 6.61 Å². The molecule has 0 radical (unpaired) electrons. The van der Waals surface area contributed by atoms with Gasteiger partial charge in [-0.1, -0.05) is 67.0 Å². The number of halogens is 1. The summed E-state index contributed by atoms with van der Waals surface area (Å²) >= 11 is 2.46. The Hall–Kier alpha value is -1.39. The van der Waals surface area contributed by atoms with Crippen molar-refractivity contribution in [3.8, 4) is 0 Å². The molecule has 0 aromatic heterocycles. The Morgan fingerprint density at radius 3 is 2.35 bits per heavy atom. The van der Waals surface area contributed by atoms with Gasteiger partial charge < -0.3 is 8.93 Å². The van der Waals surface area contributed by atoms with Gasteiger partial charge in [-0.15, -0.1) is 0 Å². The van der Waals surface area contributed by atoms with Crippen molar-refractivity contribution in [3.05, 3.63) is 58.7 Å². The number of rotatable bonds is 5. The molecule has 0 saturated carbocycles. The lowest BCUT2D eigenvalue weighted by atomic mass is 9.72. The summed E-state index contributed by atoms with van der Waals surface area (Å²) in [6.45, 7) is 12.5. The third-order valence-corrected chi connectivity index (χ3v) is 4.75. The number of aliphatic hydroxyl groups excluding tert-OH is 1. The van der Waals surface area contributed by atoms with Crippen LogP contribution in [0.5, 0.6) is 0 Å². The minimum atomic E-state index is -0.329. The second kappa shape index (κ2) is 12.9. The van der Waals surface area contributed by atoms with Crippen LogP contribution < -0.4 is 0 Å². The van der Waals surface area contributed by atoms with Crippen molar-refractivity contribution < 1.29 is 13.7 Å². The molecule has 0 heterocycles. The molecule has 1 aliphatic rings. The van der Waals surface area contributed by atoms with Crippen molar-refractivity contribution in [1.82, 2.24) is 0 Å². The Bertz CT molecular complexity index is 605. The van der Waals surface area contributed by atoms with Crippen LogP contribution in [0.4, 0.5) is 0 Å². The molecule has 1 aliphatic carbocycles. The predicted octanol–water partition coefficient (Wildman–Crippen LogP) is 6.37. The smallest absolute Gasteiger partial charge is 0.314 e. The van der Waals surface area contributed by atoms with Gasteiger partial charge >= 0.3 is 5.97 Å². The highest BCUT2D eigenvalue weighted by Crippen LogP contribution is 2.40. The zero-order chi connectivity index (χ0) is 20.2. The van der Waals surface area contributed by atoms with E-state index in [-0.39, 0.29) is 12.6 Å². The van der Waals surface area contributed by atoms with Gasteiger partial charge in [-0.05, 0) is 51.0 Å². The first kappa shape index (κ1) is 24.6. The highest BCUT2D eigenvalue weighted by atomic mass is 79.9. The quantitative estimate of drug-likeness (QED) is 0.521. The van der Waals surface area contributed by atoms with E-state index in [0.29, 0.717) is 5.41 Å². The van der Waals surface area contributed by atoms with Crippen molar-refractivity contribution >= 4 is 22.2 Å². The molecule has 0 aromatic rings. The van der Waals surface area contributed by atoms with Crippen molar-refractivity contribution in [2.75, 3.05) is 6.61 Å². The molecule has 26 heavy (non-hydrogen) atoms. The van der Waals surface area contributed by atoms with Crippen LogP contribution in [-0.2, 0) is 8.62 Å². The molecule has 0 atom stereocenters. The molecular formula is C22H33BrO3. The van der Waals surface area contributed by atoms with E-state index in [1.165, 1.54) is 42.9 Å². The topological polar surface area (TPSA) is 46.5 Å². The van der Waals surface area contributed by atoms with Crippen molar-refractivity contribution in [1.29, 1.82) is 0 Å². The number of carbonyl (C=O) groups excluding carboxylic acids is 1. The molecule has 4 heteroatoms. The van der Waals surface area contributed by atoms with Crippen molar-refractivity contribution in [2.24, 2.45) is 5.41 Å². The first-order valence-corrected chi connectivity index (χ1v) is 9.58. The molecule has 146 valence electrons. The van der Waals surface area contributed by atoms with Gasteiger partial charge in [0.25, 0.3) is 0 Å². The molecule has 0 amide bonds. The second-order valence-corrected chi connectivity index (χ2v) is 7.56. The van der Waals surface area contributed by atoms with Gasteiger partial charge in [0.15, 0.2) is 16.3 Å². The summed E-state index contributed by atoms with van der Waals surface area (Å²) in [7, 11) is 0. The average molecular weight is 425 g/mol. The van der Waals surface area contributed by atoms with Crippen molar-refractivity contribution in [2.45, 2.75) is 60.8 Å². The van der Waals surface area contributed by atoms with Crippen LogP contribution in [0.25, 0.3) is 0 Å². The van der Waals surface area contributed by atoms with Gasteiger partial charge in [0, 0.05) is 6.92 Å². The van der Waals surface area contributed by atoms with E-state index < -0.39 is 0 Å². The van der Waals surface area contributed by atoms with Gasteiger partial charge in [0.2, 0.25) is 0 Å². The fourth-order valence-electron chi connectivity index (χ4n) is 2.84. The zero-order valence-corrected chi connectivity index (χ0v) is 18.5. The van der Waals surface area contributed by atoms with Crippen LogP contribution >= 0.6 is 16.3 Å². The van der Waals surface area contributed by atoms with E-state index in [4.69, 9.17) is 5.11 Å². The van der Waals surface area contributed by atoms with Gasteiger partial charge in [-0.25, -0.2) is 0 Å². The lowest BCUT2D eigenvalue weighted by Gasteiger charge is -2.32. The molecule has 1 rings (SSSR count).